The molecule has 1 saturated carbocycles. The molecule has 0 unspecified atom stereocenters. The Kier molecular flexibility index (Phi) is 5.70. The molecule has 2 aliphatic carbocycles. The smallest absolute Gasteiger partial charge is 0.303 e. The number of rotatable bonds is 7. The Bertz CT molecular complexity index is 1150. The number of benzene rings is 2. The normalized spacial score (nSPS) is 20.3. The van der Waals surface area contributed by atoms with Crippen LogP contribution in [-0.4, -0.2) is 29.9 Å². The predicted molar refractivity (Wildman–Crippen MR) is 120 cm³/mol. The SMILES string of the molecule is [C-]#[N+]c1ccc(CCCC(=O)O)c(NC(=O)[C@@H]2C[C@]23CCc2ccc(C(=O)NC)cc23)c1. The number of hydrogen-bond donors (Lipinski definition) is 3. The number of fused-ring (bicyclic) bond motifs is 2. The Labute approximate surface area is 186 Å². The lowest BCUT2D eigenvalue weighted by atomic mass is 9.93. The van der Waals surface area contributed by atoms with Crippen molar-refractivity contribution in [3.63, 3.8) is 0 Å². The van der Waals surface area contributed by atoms with Crippen LogP contribution in [0, 0.1) is 12.5 Å². The maximum atomic E-state index is 13.2. The number of carboxylic acids is 1. The lowest BCUT2D eigenvalue weighted by molar-refractivity contribution is -0.137. The first-order valence-corrected chi connectivity index (χ1v) is 10.8. The second kappa shape index (κ2) is 8.46. The van der Waals surface area contributed by atoms with Gasteiger partial charge in [-0.1, -0.05) is 18.2 Å². The molecule has 2 amide bonds. The molecule has 0 saturated heterocycles. The van der Waals surface area contributed by atoms with Crippen molar-refractivity contribution in [2.75, 3.05) is 12.4 Å². The van der Waals surface area contributed by atoms with Gasteiger partial charge >= 0.3 is 5.97 Å². The van der Waals surface area contributed by atoms with Crippen LogP contribution in [0.4, 0.5) is 11.4 Å². The molecule has 7 nitrogen and oxygen atoms in total. The third-order valence-electron chi connectivity index (χ3n) is 6.68. The largest absolute Gasteiger partial charge is 0.481 e. The van der Waals surface area contributed by atoms with Crippen LogP contribution in [0.3, 0.4) is 0 Å². The number of nitrogens with one attached hydrogen (secondary N) is 2. The van der Waals surface area contributed by atoms with Crippen molar-refractivity contribution in [1.29, 1.82) is 0 Å². The van der Waals surface area contributed by atoms with E-state index >= 15 is 0 Å². The fourth-order valence-corrected chi connectivity index (χ4v) is 4.88. The highest BCUT2D eigenvalue weighted by atomic mass is 16.4. The molecule has 0 heterocycles. The van der Waals surface area contributed by atoms with Gasteiger partial charge in [0.25, 0.3) is 5.91 Å². The lowest BCUT2D eigenvalue weighted by Gasteiger charge is -2.15. The highest BCUT2D eigenvalue weighted by molar-refractivity contribution is 5.98. The van der Waals surface area contributed by atoms with E-state index in [0.29, 0.717) is 29.8 Å². The Hall–Kier alpha value is -3.66. The van der Waals surface area contributed by atoms with Crippen LogP contribution >= 0.6 is 0 Å². The quantitative estimate of drug-likeness (QED) is 0.580. The van der Waals surface area contributed by atoms with E-state index in [0.717, 1.165) is 30.4 Å². The van der Waals surface area contributed by atoms with E-state index in [2.05, 4.69) is 15.5 Å². The number of amides is 2. The molecule has 0 radical (unpaired) electrons. The van der Waals surface area contributed by atoms with Gasteiger partial charge in [-0.3, -0.25) is 14.4 Å². The van der Waals surface area contributed by atoms with Crippen LogP contribution in [0.1, 0.15) is 52.7 Å². The van der Waals surface area contributed by atoms with Gasteiger partial charge in [-0.25, -0.2) is 4.85 Å². The van der Waals surface area contributed by atoms with Crippen molar-refractivity contribution in [1.82, 2.24) is 5.32 Å². The van der Waals surface area contributed by atoms with E-state index < -0.39 is 5.97 Å². The van der Waals surface area contributed by atoms with E-state index in [9.17, 15) is 14.4 Å². The first-order valence-electron chi connectivity index (χ1n) is 10.8. The van der Waals surface area contributed by atoms with Gasteiger partial charge in [0.2, 0.25) is 5.91 Å². The van der Waals surface area contributed by atoms with E-state index in [1.807, 2.05) is 18.2 Å². The maximum Gasteiger partial charge on any atom is 0.303 e. The van der Waals surface area contributed by atoms with Crippen molar-refractivity contribution >= 4 is 29.2 Å². The minimum atomic E-state index is -0.857. The van der Waals surface area contributed by atoms with E-state index in [1.54, 1.807) is 25.2 Å². The van der Waals surface area contributed by atoms with E-state index in [1.165, 1.54) is 5.56 Å². The van der Waals surface area contributed by atoms with Crippen LogP contribution in [0.2, 0.25) is 0 Å². The fourth-order valence-electron chi connectivity index (χ4n) is 4.88. The van der Waals surface area contributed by atoms with Gasteiger partial charge in [-0.05, 0) is 67.0 Å². The molecule has 0 bridgehead atoms. The van der Waals surface area contributed by atoms with Crippen LogP contribution in [0.5, 0.6) is 0 Å². The highest BCUT2D eigenvalue weighted by Crippen LogP contribution is 2.62. The molecular formula is C25H25N3O4. The van der Waals surface area contributed by atoms with Crippen LogP contribution < -0.4 is 10.6 Å². The average molecular weight is 431 g/mol. The molecule has 2 aromatic carbocycles. The predicted octanol–water partition coefficient (Wildman–Crippen LogP) is 3.85. The van der Waals surface area contributed by atoms with Crippen LogP contribution in [-0.2, 0) is 27.8 Å². The zero-order valence-electron chi connectivity index (χ0n) is 17.9. The summed E-state index contributed by atoms with van der Waals surface area (Å²) in [5, 5.41) is 14.6. The van der Waals surface area contributed by atoms with Gasteiger partial charge in [-0.15, -0.1) is 0 Å². The molecule has 4 rings (SSSR count). The molecular weight excluding hydrogens is 406 g/mol. The Morgan fingerprint density at radius 1 is 1.22 bits per heavy atom. The van der Waals surface area contributed by atoms with Crippen molar-refractivity contribution in [3.05, 3.63) is 70.1 Å². The molecule has 2 aromatic rings. The molecule has 0 aromatic heterocycles. The lowest BCUT2D eigenvalue weighted by Crippen LogP contribution is -2.21. The van der Waals surface area contributed by atoms with Gasteiger partial charge in [0.05, 0.1) is 6.57 Å². The zero-order chi connectivity index (χ0) is 22.9. The summed E-state index contributed by atoms with van der Waals surface area (Å²) in [5.74, 6) is -1.28. The number of hydrogen-bond acceptors (Lipinski definition) is 3. The number of carbonyl (C=O) groups excluding carboxylic acids is 2. The third-order valence-corrected chi connectivity index (χ3v) is 6.68. The standard InChI is InChI=1S/C25H25N3O4/c1-26-18-9-8-16(4-3-5-22(29)30)21(13-18)28-24(32)20-14-25(20)11-10-15-6-7-17(12-19(15)25)23(31)27-2/h6-9,12-13,20H,3-5,10-11,14H2,2H3,(H,27,31)(H,28,32)(H,29,30)/t20-,25-/m0/s1. The molecule has 164 valence electrons. The highest BCUT2D eigenvalue weighted by Gasteiger charge is 2.61. The topological polar surface area (TPSA) is 99.9 Å². The zero-order valence-corrected chi connectivity index (χ0v) is 17.9. The van der Waals surface area contributed by atoms with Crippen LogP contribution in [0.25, 0.3) is 4.85 Å². The molecule has 0 aliphatic heterocycles. The average Bonchev–Trinajstić information content (AvgIpc) is 3.42. The second-order valence-electron chi connectivity index (χ2n) is 8.55. The molecule has 3 N–H and O–H groups in total. The second-order valence-corrected chi connectivity index (χ2v) is 8.55. The van der Waals surface area contributed by atoms with Gasteiger partial charge in [-0.2, -0.15) is 0 Å². The molecule has 32 heavy (non-hydrogen) atoms. The van der Waals surface area contributed by atoms with Crippen molar-refractivity contribution < 1.29 is 19.5 Å². The summed E-state index contributed by atoms with van der Waals surface area (Å²) in [7, 11) is 1.60. The minimum Gasteiger partial charge on any atom is -0.481 e. The number of anilines is 1. The number of aliphatic carboxylic acids is 1. The van der Waals surface area contributed by atoms with E-state index in [4.69, 9.17) is 11.7 Å². The Morgan fingerprint density at radius 2 is 2.03 bits per heavy atom. The number of nitrogens with zero attached hydrogens (tertiary/aromatic N) is 1. The van der Waals surface area contributed by atoms with Gasteiger partial charge in [0.1, 0.15) is 0 Å². The molecule has 1 fully saturated rings. The Balaban J connectivity index is 1.53. The number of aryl methyl sites for hydroxylation is 2. The monoisotopic (exact) mass is 431 g/mol. The van der Waals surface area contributed by atoms with Crippen molar-refractivity contribution in [3.8, 4) is 0 Å². The molecule has 7 heteroatoms. The summed E-state index contributed by atoms with van der Waals surface area (Å²) < 4.78 is 0. The first kappa shape index (κ1) is 21.6. The summed E-state index contributed by atoms with van der Waals surface area (Å²) >= 11 is 0. The summed E-state index contributed by atoms with van der Waals surface area (Å²) in [4.78, 5) is 39.6. The first-order chi connectivity index (χ1) is 15.4. The van der Waals surface area contributed by atoms with Crippen molar-refractivity contribution in [2.24, 2.45) is 5.92 Å². The molecule has 2 atom stereocenters. The van der Waals surface area contributed by atoms with Crippen LogP contribution in [0.15, 0.2) is 36.4 Å². The summed E-state index contributed by atoms with van der Waals surface area (Å²) in [6, 6.07) is 10.9. The van der Waals surface area contributed by atoms with Gasteiger partial charge in [0.15, 0.2) is 5.69 Å². The van der Waals surface area contributed by atoms with Gasteiger partial charge < -0.3 is 15.7 Å². The number of carboxylic acid groups (broad SMARTS) is 1. The third kappa shape index (κ3) is 3.96. The minimum absolute atomic E-state index is 0.0498. The Morgan fingerprint density at radius 3 is 2.75 bits per heavy atom. The maximum absolute atomic E-state index is 13.2. The number of carbonyl (C=O) groups is 3. The fraction of sp³-hybridized carbons (Fsp3) is 0.360. The summed E-state index contributed by atoms with van der Waals surface area (Å²) in [6.45, 7) is 7.27. The van der Waals surface area contributed by atoms with Crippen molar-refractivity contribution in [2.45, 2.75) is 43.9 Å². The summed E-state index contributed by atoms with van der Waals surface area (Å²) in [5.41, 5.74) is 4.49. The summed E-state index contributed by atoms with van der Waals surface area (Å²) in [6.07, 6.45) is 3.52. The van der Waals surface area contributed by atoms with Gasteiger partial charge in [0, 0.05) is 36.1 Å². The molecule has 1 spiro atoms. The van der Waals surface area contributed by atoms with E-state index in [-0.39, 0.29) is 29.6 Å². The molecule has 2 aliphatic rings.